The highest BCUT2D eigenvalue weighted by molar-refractivity contribution is 6.46. The van der Waals surface area contributed by atoms with Crippen molar-refractivity contribution in [2.75, 3.05) is 34.5 Å². The number of aliphatic hydroxyl groups excluding tert-OH is 1. The average Bonchev–Trinajstić information content (AvgIpc) is 3.03. The van der Waals surface area contributed by atoms with Gasteiger partial charge < -0.3 is 24.2 Å². The van der Waals surface area contributed by atoms with Gasteiger partial charge in [-0.3, -0.25) is 9.59 Å². The summed E-state index contributed by atoms with van der Waals surface area (Å²) in [6, 6.07) is 11.7. The van der Waals surface area contributed by atoms with Crippen LogP contribution in [-0.2, 0) is 14.3 Å². The Bertz CT molecular complexity index is 1010. The third-order valence-corrected chi connectivity index (χ3v) is 5.31. The number of Topliss-reactive ketones (excluding diaryl/α,β-unsaturated/α-hetero) is 1. The van der Waals surface area contributed by atoms with Gasteiger partial charge >= 0.3 is 0 Å². The quantitative estimate of drug-likeness (QED) is 0.302. The summed E-state index contributed by atoms with van der Waals surface area (Å²) in [6.45, 7) is 2.63. The van der Waals surface area contributed by atoms with Gasteiger partial charge in [0.1, 0.15) is 17.3 Å². The van der Waals surface area contributed by atoms with Gasteiger partial charge in [-0.1, -0.05) is 23.8 Å². The highest BCUT2D eigenvalue weighted by Crippen LogP contribution is 2.41. The second-order valence-electron chi connectivity index (χ2n) is 7.32. The highest BCUT2D eigenvalue weighted by Gasteiger charge is 2.46. The smallest absolute Gasteiger partial charge is 0.295 e. The van der Waals surface area contributed by atoms with Gasteiger partial charge in [0, 0.05) is 20.3 Å². The number of aliphatic hydroxyl groups is 1. The molecule has 1 fully saturated rings. The summed E-state index contributed by atoms with van der Waals surface area (Å²) in [4.78, 5) is 27.5. The first-order valence-corrected chi connectivity index (χ1v) is 9.99. The number of carbonyl (C=O) groups excluding carboxylic acids is 2. The number of methoxy groups -OCH3 is 3. The zero-order valence-electron chi connectivity index (χ0n) is 18.2. The van der Waals surface area contributed by atoms with Crippen molar-refractivity contribution < 1.29 is 28.9 Å². The first-order valence-electron chi connectivity index (χ1n) is 9.99. The average molecular weight is 425 g/mol. The summed E-state index contributed by atoms with van der Waals surface area (Å²) in [6.07, 6.45) is 0.553. The number of amides is 1. The number of hydrogen-bond donors (Lipinski definition) is 1. The molecule has 0 aromatic heterocycles. The normalized spacial score (nSPS) is 17.8. The molecule has 1 atom stereocenters. The van der Waals surface area contributed by atoms with Crippen LogP contribution >= 0.6 is 0 Å². The van der Waals surface area contributed by atoms with E-state index in [4.69, 9.17) is 14.2 Å². The van der Waals surface area contributed by atoms with E-state index in [-0.39, 0.29) is 11.3 Å². The molecule has 31 heavy (non-hydrogen) atoms. The van der Waals surface area contributed by atoms with Crippen LogP contribution < -0.4 is 9.47 Å². The van der Waals surface area contributed by atoms with Crippen molar-refractivity contribution in [3.8, 4) is 11.5 Å². The molecule has 0 aliphatic carbocycles. The molecule has 1 saturated heterocycles. The van der Waals surface area contributed by atoms with Crippen molar-refractivity contribution in [3.63, 3.8) is 0 Å². The van der Waals surface area contributed by atoms with Crippen molar-refractivity contribution in [1.82, 2.24) is 4.90 Å². The molecule has 7 heteroatoms. The summed E-state index contributed by atoms with van der Waals surface area (Å²) >= 11 is 0. The van der Waals surface area contributed by atoms with Gasteiger partial charge in [0.15, 0.2) is 0 Å². The third-order valence-electron chi connectivity index (χ3n) is 5.31. The largest absolute Gasteiger partial charge is 0.507 e. The highest BCUT2D eigenvalue weighted by atomic mass is 16.5. The fourth-order valence-corrected chi connectivity index (χ4v) is 3.80. The molecular formula is C24H27NO6. The Kier molecular flexibility index (Phi) is 6.97. The van der Waals surface area contributed by atoms with Crippen LogP contribution in [-0.4, -0.2) is 56.2 Å². The van der Waals surface area contributed by atoms with E-state index in [1.165, 1.54) is 12.0 Å². The van der Waals surface area contributed by atoms with Crippen molar-refractivity contribution in [2.24, 2.45) is 0 Å². The number of aryl methyl sites for hydroxylation is 1. The number of likely N-dealkylation sites (tertiary alicyclic amines) is 1. The topological polar surface area (TPSA) is 85.3 Å². The van der Waals surface area contributed by atoms with E-state index in [1.54, 1.807) is 44.6 Å². The molecular weight excluding hydrogens is 398 g/mol. The molecule has 0 radical (unpaired) electrons. The Hall–Kier alpha value is -3.32. The summed E-state index contributed by atoms with van der Waals surface area (Å²) in [7, 11) is 4.62. The second kappa shape index (κ2) is 9.66. The van der Waals surface area contributed by atoms with Gasteiger partial charge in [-0.2, -0.15) is 0 Å². The lowest BCUT2D eigenvalue weighted by Crippen LogP contribution is -2.31. The van der Waals surface area contributed by atoms with Crippen molar-refractivity contribution in [2.45, 2.75) is 19.4 Å². The van der Waals surface area contributed by atoms with Crippen LogP contribution in [0.4, 0.5) is 0 Å². The minimum atomic E-state index is -0.753. The van der Waals surface area contributed by atoms with E-state index in [2.05, 4.69) is 0 Å². The number of benzene rings is 2. The van der Waals surface area contributed by atoms with Gasteiger partial charge in [-0.25, -0.2) is 0 Å². The van der Waals surface area contributed by atoms with E-state index in [9.17, 15) is 14.7 Å². The Balaban J connectivity index is 2.20. The standard InChI is InChI=1S/C24H27NO6/c1-15-9-10-19(31-4)18(13-15)22(26)20-21(16-7-5-8-17(14-16)30-3)25(11-6-12-29-2)24(28)23(20)27/h5,7-10,13-14,21,26H,6,11-12H2,1-4H3/b22-20+. The van der Waals surface area contributed by atoms with Crippen LogP contribution in [0.3, 0.4) is 0 Å². The minimum Gasteiger partial charge on any atom is -0.507 e. The maximum absolute atomic E-state index is 13.1. The maximum Gasteiger partial charge on any atom is 0.295 e. The van der Waals surface area contributed by atoms with Crippen molar-refractivity contribution in [3.05, 3.63) is 64.7 Å². The molecule has 0 spiro atoms. The van der Waals surface area contributed by atoms with Gasteiger partial charge in [0.05, 0.1) is 31.4 Å². The number of rotatable bonds is 8. The van der Waals surface area contributed by atoms with Crippen LogP contribution in [0.1, 0.15) is 29.2 Å². The molecule has 2 aromatic rings. The van der Waals surface area contributed by atoms with Crippen LogP contribution in [0.5, 0.6) is 11.5 Å². The number of ether oxygens (including phenoxy) is 3. The first-order chi connectivity index (χ1) is 14.9. The lowest BCUT2D eigenvalue weighted by atomic mass is 9.94. The molecule has 1 aliphatic heterocycles. The van der Waals surface area contributed by atoms with E-state index in [0.29, 0.717) is 42.2 Å². The monoisotopic (exact) mass is 425 g/mol. The van der Waals surface area contributed by atoms with E-state index >= 15 is 0 Å². The zero-order valence-corrected chi connectivity index (χ0v) is 18.2. The van der Waals surface area contributed by atoms with E-state index < -0.39 is 17.7 Å². The molecule has 1 aliphatic rings. The SMILES string of the molecule is COCCCN1C(=O)C(=O)/C(=C(/O)c2cc(C)ccc2OC)C1c1cccc(OC)c1. The molecule has 164 valence electrons. The van der Waals surface area contributed by atoms with Gasteiger partial charge in [0.25, 0.3) is 11.7 Å². The van der Waals surface area contributed by atoms with Crippen LogP contribution in [0.2, 0.25) is 0 Å². The maximum atomic E-state index is 13.1. The molecule has 7 nitrogen and oxygen atoms in total. The molecule has 1 amide bonds. The molecule has 1 N–H and O–H groups in total. The summed E-state index contributed by atoms with van der Waals surface area (Å²) in [5.74, 6) is -0.643. The lowest BCUT2D eigenvalue weighted by molar-refractivity contribution is -0.140. The molecule has 2 aromatic carbocycles. The Morgan fingerprint density at radius 3 is 2.52 bits per heavy atom. The van der Waals surface area contributed by atoms with Crippen LogP contribution in [0.25, 0.3) is 5.76 Å². The Morgan fingerprint density at radius 1 is 1.06 bits per heavy atom. The molecule has 1 heterocycles. The lowest BCUT2D eigenvalue weighted by Gasteiger charge is -2.25. The molecule has 3 rings (SSSR count). The summed E-state index contributed by atoms with van der Waals surface area (Å²) in [5, 5.41) is 11.2. The zero-order chi connectivity index (χ0) is 22.5. The third kappa shape index (κ3) is 4.41. The van der Waals surface area contributed by atoms with Gasteiger partial charge in [-0.05, 0) is 43.2 Å². The van der Waals surface area contributed by atoms with E-state index in [1.807, 2.05) is 19.1 Å². The van der Waals surface area contributed by atoms with Crippen molar-refractivity contribution in [1.29, 1.82) is 0 Å². The van der Waals surface area contributed by atoms with Crippen LogP contribution in [0, 0.1) is 6.92 Å². The van der Waals surface area contributed by atoms with E-state index in [0.717, 1.165) is 5.56 Å². The summed E-state index contributed by atoms with van der Waals surface area (Å²) < 4.78 is 15.8. The number of nitrogens with zero attached hydrogens (tertiary/aromatic N) is 1. The van der Waals surface area contributed by atoms with Crippen LogP contribution in [0.15, 0.2) is 48.0 Å². The fraction of sp³-hybridized carbons (Fsp3) is 0.333. The predicted molar refractivity (Wildman–Crippen MR) is 116 cm³/mol. The summed E-state index contributed by atoms with van der Waals surface area (Å²) in [5.41, 5.74) is 1.95. The Morgan fingerprint density at radius 2 is 1.84 bits per heavy atom. The fourth-order valence-electron chi connectivity index (χ4n) is 3.80. The number of hydrogen-bond acceptors (Lipinski definition) is 6. The number of carbonyl (C=O) groups is 2. The molecule has 1 unspecified atom stereocenters. The van der Waals surface area contributed by atoms with Crippen molar-refractivity contribution >= 4 is 17.4 Å². The molecule has 0 bridgehead atoms. The molecule has 0 saturated carbocycles. The Labute approximate surface area is 181 Å². The van der Waals surface area contributed by atoms with Gasteiger partial charge in [-0.15, -0.1) is 0 Å². The number of ketones is 1. The predicted octanol–water partition coefficient (Wildman–Crippen LogP) is 3.47. The van der Waals surface area contributed by atoms with Gasteiger partial charge in [0.2, 0.25) is 0 Å². The second-order valence-corrected chi connectivity index (χ2v) is 7.32. The minimum absolute atomic E-state index is 0.0274. The first kappa shape index (κ1) is 22.4.